The molecule has 2 aliphatic heterocycles. The number of unbranched alkanes of at least 4 members (excludes halogenated alkanes) is 5. The Morgan fingerprint density at radius 2 is 1.51 bits per heavy atom. The minimum absolute atomic E-state index is 0. The Morgan fingerprint density at radius 3 is 2.14 bits per heavy atom. The quantitative estimate of drug-likeness (QED) is 0.227. The number of rotatable bonds is 13. The number of piperidine rings is 1. The zero-order valence-electron chi connectivity index (χ0n) is 22.8. The van der Waals surface area contributed by atoms with Crippen LogP contribution in [0.3, 0.4) is 0 Å². The third-order valence-corrected chi connectivity index (χ3v) is 8.89. The zero-order chi connectivity index (χ0) is 25.4. The van der Waals surface area contributed by atoms with Gasteiger partial charge in [-0.1, -0.05) is 93.6 Å². The molecule has 2 heterocycles. The van der Waals surface area contributed by atoms with Crippen molar-refractivity contribution in [2.24, 2.45) is 0 Å². The average Bonchev–Trinajstić information content (AvgIpc) is 3.04. The number of nitrogens with zero attached hydrogens (tertiary/aromatic N) is 1. The van der Waals surface area contributed by atoms with Crippen LogP contribution in [-0.4, -0.2) is 47.4 Å². The van der Waals surface area contributed by atoms with Crippen molar-refractivity contribution >= 4 is 5.97 Å². The summed E-state index contributed by atoms with van der Waals surface area (Å²) in [4.78, 5) is 12.9. The maximum atomic E-state index is 12.9. The van der Waals surface area contributed by atoms with E-state index in [1.807, 2.05) is 30.3 Å². The third-order valence-electron chi connectivity index (χ3n) is 8.89. The lowest BCUT2D eigenvalue weighted by molar-refractivity contribution is -0.961. The second kappa shape index (κ2) is 14.5. The van der Waals surface area contributed by atoms with Gasteiger partial charge in [0.05, 0.1) is 25.7 Å². The Balaban J connectivity index is 0.00000380. The van der Waals surface area contributed by atoms with Gasteiger partial charge in [0.2, 0.25) is 0 Å². The van der Waals surface area contributed by atoms with Gasteiger partial charge in [0.15, 0.2) is 0 Å². The summed E-state index contributed by atoms with van der Waals surface area (Å²) in [6.45, 7) is 3.11. The SMILES string of the molecule is CCCCCCCCc1ccc(C[N+]2(C)C3CCC2CC(OC(=O)C(CO)c2ccccc2)C3)cc1.[Br-]. The number of halogens is 1. The van der Waals surface area contributed by atoms with Crippen molar-refractivity contribution in [3.05, 3.63) is 71.3 Å². The van der Waals surface area contributed by atoms with Gasteiger partial charge in [0.25, 0.3) is 0 Å². The number of benzene rings is 2. The van der Waals surface area contributed by atoms with Gasteiger partial charge in [-0.2, -0.15) is 0 Å². The molecule has 2 fully saturated rings. The van der Waals surface area contributed by atoms with Crippen LogP contribution in [0.2, 0.25) is 0 Å². The molecule has 0 radical (unpaired) electrons. The Morgan fingerprint density at radius 1 is 0.919 bits per heavy atom. The van der Waals surface area contributed by atoms with Crippen molar-refractivity contribution in [2.75, 3.05) is 13.7 Å². The Hall–Kier alpha value is -1.69. The third kappa shape index (κ3) is 7.68. The normalized spacial score (nSPS) is 25.3. The van der Waals surface area contributed by atoms with Crippen LogP contribution in [0.25, 0.3) is 0 Å². The predicted octanol–water partition coefficient (Wildman–Crippen LogP) is 3.55. The van der Waals surface area contributed by atoms with Crippen molar-refractivity contribution in [3.8, 4) is 0 Å². The molecule has 0 spiro atoms. The molecule has 0 aromatic heterocycles. The first kappa shape index (κ1) is 29.9. The molecule has 1 N–H and O–H groups in total. The molecule has 2 saturated heterocycles. The van der Waals surface area contributed by atoms with E-state index in [0.29, 0.717) is 12.1 Å². The molecule has 37 heavy (non-hydrogen) atoms. The standard InChI is InChI=1S/C32H46NO3.BrH/c1-3-4-5-6-7-9-12-25-15-17-26(18-16-25)23-33(2)28-19-20-29(33)22-30(21-28)36-32(35)31(24-34)27-13-10-8-11-14-27;/h8,10-11,13-18,28-31,34H,3-7,9,12,19-24H2,1-2H3;1H/q+1;/p-1. The molecule has 0 amide bonds. The molecule has 2 bridgehead atoms. The van der Waals surface area contributed by atoms with Crippen molar-refractivity contribution < 1.29 is 36.1 Å². The van der Waals surface area contributed by atoms with Gasteiger partial charge in [-0.3, -0.25) is 4.79 Å². The molecule has 2 aromatic carbocycles. The molecule has 2 aliphatic rings. The monoisotopic (exact) mass is 571 g/mol. The minimum Gasteiger partial charge on any atom is -1.00 e. The van der Waals surface area contributed by atoms with E-state index in [-0.39, 0.29) is 35.7 Å². The van der Waals surface area contributed by atoms with Crippen LogP contribution in [0, 0.1) is 0 Å². The fourth-order valence-electron chi connectivity index (χ4n) is 6.61. The Labute approximate surface area is 234 Å². The van der Waals surface area contributed by atoms with E-state index in [9.17, 15) is 9.90 Å². The highest BCUT2D eigenvalue weighted by atomic mass is 79.9. The lowest BCUT2D eigenvalue weighted by atomic mass is 9.94. The summed E-state index contributed by atoms with van der Waals surface area (Å²) in [6, 6.07) is 19.9. The molecule has 204 valence electrons. The second-order valence-corrected chi connectivity index (χ2v) is 11.4. The van der Waals surface area contributed by atoms with Crippen LogP contribution in [0.4, 0.5) is 0 Å². The molecule has 5 heteroatoms. The number of aryl methyl sites for hydroxylation is 1. The highest BCUT2D eigenvalue weighted by Gasteiger charge is 2.52. The van der Waals surface area contributed by atoms with Gasteiger partial charge in [0.1, 0.15) is 18.6 Å². The molecule has 4 rings (SSSR count). The fraction of sp³-hybridized carbons (Fsp3) is 0.594. The number of esters is 1. The summed E-state index contributed by atoms with van der Waals surface area (Å²) in [5.74, 6) is -0.883. The number of carbonyl (C=O) groups is 1. The van der Waals surface area contributed by atoms with Crippen LogP contribution in [0.1, 0.15) is 93.7 Å². The molecule has 4 nitrogen and oxygen atoms in total. The molecular formula is C32H46BrNO3. The van der Waals surface area contributed by atoms with Gasteiger partial charge in [0, 0.05) is 31.2 Å². The highest BCUT2D eigenvalue weighted by molar-refractivity contribution is 5.78. The summed E-state index contributed by atoms with van der Waals surface area (Å²) >= 11 is 0. The number of hydrogen-bond acceptors (Lipinski definition) is 3. The van der Waals surface area contributed by atoms with Crippen LogP contribution in [0.15, 0.2) is 54.6 Å². The summed E-state index contributed by atoms with van der Waals surface area (Å²) in [7, 11) is 2.41. The van der Waals surface area contributed by atoms with Crippen LogP contribution in [0.5, 0.6) is 0 Å². The summed E-state index contributed by atoms with van der Waals surface area (Å²) in [6.07, 6.45) is 13.5. The van der Waals surface area contributed by atoms with Gasteiger partial charge >= 0.3 is 5.97 Å². The van der Waals surface area contributed by atoms with Crippen molar-refractivity contribution in [3.63, 3.8) is 0 Å². The largest absolute Gasteiger partial charge is 1.00 e. The maximum Gasteiger partial charge on any atom is 0.316 e. The lowest BCUT2D eigenvalue weighted by Crippen LogP contribution is -3.00. The molecule has 2 aromatic rings. The molecule has 0 saturated carbocycles. The van der Waals surface area contributed by atoms with Crippen molar-refractivity contribution in [2.45, 2.75) is 108 Å². The van der Waals surface area contributed by atoms with Crippen molar-refractivity contribution in [1.82, 2.24) is 0 Å². The van der Waals surface area contributed by atoms with Gasteiger partial charge in [-0.15, -0.1) is 0 Å². The number of fused-ring (bicyclic) bond motifs is 2. The fourth-order valence-corrected chi connectivity index (χ4v) is 6.61. The predicted molar refractivity (Wildman–Crippen MR) is 146 cm³/mol. The van der Waals surface area contributed by atoms with E-state index in [4.69, 9.17) is 4.74 Å². The van der Waals surface area contributed by atoms with E-state index in [0.717, 1.165) is 29.4 Å². The molecule has 3 unspecified atom stereocenters. The highest BCUT2D eigenvalue weighted by Crippen LogP contribution is 2.43. The number of quaternary nitrogens is 1. The first-order chi connectivity index (χ1) is 17.5. The number of aliphatic hydroxyl groups excluding tert-OH is 1. The Kier molecular flexibility index (Phi) is 11.7. The minimum atomic E-state index is -0.596. The van der Waals surface area contributed by atoms with E-state index in [1.54, 1.807) is 0 Å². The summed E-state index contributed by atoms with van der Waals surface area (Å²) in [5, 5.41) is 9.85. The van der Waals surface area contributed by atoms with Gasteiger partial charge in [-0.25, -0.2) is 0 Å². The summed E-state index contributed by atoms with van der Waals surface area (Å²) in [5.41, 5.74) is 3.70. The van der Waals surface area contributed by atoms with E-state index >= 15 is 0 Å². The first-order valence-corrected chi connectivity index (χ1v) is 14.3. The van der Waals surface area contributed by atoms with E-state index in [2.05, 4.69) is 38.2 Å². The maximum absolute atomic E-state index is 12.9. The average molecular weight is 573 g/mol. The molecular weight excluding hydrogens is 526 g/mol. The van der Waals surface area contributed by atoms with E-state index < -0.39 is 5.92 Å². The van der Waals surface area contributed by atoms with Gasteiger partial charge < -0.3 is 31.3 Å². The van der Waals surface area contributed by atoms with Crippen LogP contribution < -0.4 is 17.0 Å². The first-order valence-electron chi connectivity index (χ1n) is 14.3. The number of carbonyl (C=O) groups excluding carboxylic acids is 1. The second-order valence-electron chi connectivity index (χ2n) is 11.4. The topological polar surface area (TPSA) is 46.5 Å². The van der Waals surface area contributed by atoms with Crippen LogP contribution in [-0.2, 0) is 22.5 Å². The smallest absolute Gasteiger partial charge is 0.316 e. The lowest BCUT2D eigenvalue weighted by Gasteiger charge is -2.47. The molecule has 3 atom stereocenters. The van der Waals surface area contributed by atoms with Crippen molar-refractivity contribution in [1.29, 1.82) is 0 Å². The Bertz CT molecular complexity index is 934. The van der Waals surface area contributed by atoms with Gasteiger partial charge in [-0.05, 0) is 24.0 Å². The number of hydrogen-bond donors (Lipinski definition) is 1. The zero-order valence-corrected chi connectivity index (χ0v) is 24.4. The molecule has 0 aliphatic carbocycles. The number of aliphatic hydroxyl groups is 1. The number of ether oxygens (including phenoxy) is 1. The summed E-state index contributed by atoms with van der Waals surface area (Å²) < 4.78 is 7.06. The van der Waals surface area contributed by atoms with E-state index in [1.165, 1.54) is 68.9 Å². The van der Waals surface area contributed by atoms with Crippen LogP contribution >= 0.6 is 0 Å².